The van der Waals surface area contributed by atoms with Crippen LogP contribution in [-0.2, 0) is 28.5 Å². The number of carbonyl (C=O) groups excluding carboxylic acids is 2. The Morgan fingerprint density at radius 2 is 1.57 bits per heavy atom. The zero-order chi connectivity index (χ0) is 26.8. The van der Waals surface area contributed by atoms with Gasteiger partial charge in [0.1, 0.15) is 18.3 Å². The Balaban J connectivity index is 1.48. The smallest absolute Gasteiger partial charge is 0.320 e. The number of carbonyl (C=O) groups is 2. The highest BCUT2D eigenvalue weighted by molar-refractivity contribution is 5.78. The predicted molar refractivity (Wildman–Crippen MR) is 140 cm³/mol. The molecule has 214 valence electrons. The highest BCUT2D eigenvalue weighted by Gasteiger charge is 2.60. The Morgan fingerprint density at radius 1 is 0.946 bits per heavy atom. The van der Waals surface area contributed by atoms with Gasteiger partial charge in [0.25, 0.3) is 0 Å². The third-order valence-corrected chi connectivity index (χ3v) is 7.50. The second-order valence-electron chi connectivity index (χ2n) is 11.1. The summed E-state index contributed by atoms with van der Waals surface area (Å²) in [4.78, 5) is 28.2. The van der Waals surface area contributed by atoms with Crippen molar-refractivity contribution in [3.05, 3.63) is 0 Å². The Hall–Kier alpha value is -1.42. The van der Waals surface area contributed by atoms with E-state index in [1.54, 1.807) is 23.8 Å². The molecule has 0 radical (unpaired) electrons. The van der Waals surface area contributed by atoms with Crippen molar-refractivity contribution in [2.24, 2.45) is 0 Å². The molecule has 0 saturated carbocycles. The number of fused-ring (bicyclic) bond motifs is 1. The molecule has 0 aliphatic carbocycles. The number of hydrogen-bond acceptors (Lipinski definition) is 7. The zero-order valence-corrected chi connectivity index (χ0v) is 23.7. The van der Waals surface area contributed by atoms with Crippen LogP contribution in [0.25, 0.3) is 0 Å². The van der Waals surface area contributed by atoms with E-state index in [9.17, 15) is 9.59 Å². The summed E-state index contributed by atoms with van der Waals surface area (Å²) in [7, 11) is 1.77. The van der Waals surface area contributed by atoms with Gasteiger partial charge in [0, 0.05) is 26.7 Å². The van der Waals surface area contributed by atoms with E-state index < -0.39 is 18.2 Å². The van der Waals surface area contributed by atoms with E-state index in [2.05, 4.69) is 6.92 Å². The molecule has 0 N–H and O–H groups in total. The van der Waals surface area contributed by atoms with Gasteiger partial charge >= 0.3 is 12.0 Å². The SMILES string of the molecule is CCCCCCCCCCCCO[C@H]1O[C@H]([C@@H]2CN(C)C(=O)N2CCC(=O)OCC)[C@@H]2OC(C)(C)O[C@H]12. The van der Waals surface area contributed by atoms with E-state index in [4.69, 9.17) is 23.7 Å². The first kappa shape index (κ1) is 30.1. The van der Waals surface area contributed by atoms with Gasteiger partial charge in [-0.3, -0.25) is 4.79 Å². The minimum atomic E-state index is -0.750. The highest BCUT2D eigenvalue weighted by Crippen LogP contribution is 2.42. The van der Waals surface area contributed by atoms with Gasteiger partial charge in [0.05, 0.1) is 19.1 Å². The minimum absolute atomic E-state index is 0.123. The molecule has 0 spiro atoms. The van der Waals surface area contributed by atoms with Crippen molar-refractivity contribution >= 4 is 12.0 Å². The van der Waals surface area contributed by atoms with Gasteiger partial charge in [-0.1, -0.05) is 64.7 Å². The standard InChI is InChI=1S/C28H50N2O7/c1-6-8-9-10-11-12-13-14-15-16-19-34-26-25-24(36-28(3,4)37-25)23(35-26)21-20-29(5)27(32)30(21)18-17-22(31)33-7-2/h21,23-26H,6-20H2,1-5H3/t21-,23+,24-,25-,26-/m0/s1. The average molecular weight is 527 g/mol. The van der Waals surface area contributed by atoms with E-state index in [1.165, 1.54) is 51.4 Å². The first-order chi connectivity index (χ1) is 17.8. The van der Waals surface area contributed by atoms with Gasteiger partial charge in [0.2, 0.25) is 0 Å². The fourth-order valence-electron chi connectivity index (χ4n) is 5.63. The summed E-state index contributed by atoms with van der Waals surface area (Å²) in [5.41, 5.74) is 0. The summed E-state index contributed by atoms with van der Waals surface area (Å²) < 4.78 is 30.0. The van der Waals surface area contributed by atoms with Crippen LogP contribution in [0.5, 0.6) is 0 Å². The molecule has 3 saturated heterocycles. The van der Waals surface area contributed by atoms with Gasteiger partial charge in [-0.15, -0.1) is 0 Å². The molecule has 0 bridgehead atoms. The molecule has 0 aromatic heterocycles. The van der Waals surface area contributed by atoms with E-state index in [0.29, 0.717) is 19.8 Å². The molecule has 3 heterocycles. The van der Waals surface area contributed by atoms with Crippen LogP contribution in [0.4, 0.5) is 4.79 Å². The molecule has 0 unspecified atom stereocenters. The third-order valence-electron chi connectivity index (χ3n) is 7.50. The molecule has 2 amide bonds. The van der Waals surface area contributed by atoms with Crippen LogP contribution in [0.15, 0.2) is 0 Å². The van der Waals surface area contributed by atoms with E-state index in [0.717, 1.165) is 12.8 Å². The van der Waals surface area contributed by atoms with Gasteiger partial charge in [0.15, 0.2) is 12.1 Å². The van der Waals surface area contributed by atoms with Crippen molar-refractivity contribution in [1.82, 2.24) is 9.80 Å². The fourth-order valence-corrected chi connectivity index (χ4v) is 5.63. The number of unbranched alkanes of at least 4 members (excludes halogenated alkanes) is 9. The summed E-state index contributed by atoms with van der Waals surface area (Å²) in [6.45, 7) is 9.52. The molecule has 3 fully saturated rings. The monoisotopic (exact) mass is 526 g/mol. The normalized spacial score (nSPS) is 28.8. The van der Waals surface area contributed by atoms with Crippen LogP contribution in [0, 0.1) is 0 Å². The number of esters is 1. The van der Waals surface area contributed by atoms with Crippen molar-refractivity contribution < 1.29 is 33.3 Å². The van der Waals surface area contributed by atoms with Crippen molar-refractivity contribution in [2.45, 2.75) is 135 Å². The van der Waals surface area contributed by atoms with Crippen molar-refractivity contribution in [1.29, 1.82) is 0 Å². The lowest BCUT2D eigenvalue weighted by atomic mass is 10.0. The van der Waals surface area contributed by atoms with Crippen LogP contribution < -0.4 is 0 Å². The van der Waals surface area contributed by atoms with Crippen molar-refractivity contribution in [2.75, 3.05) is 33.4 Å². The maximum Gasteiger partial charge on any atom is 0.320 e. The van der Waals surface area contributed by atoms with Crippen molar-refractivity contribution in [3.63, 3.8) is 0 Å². The molecular formula is C28H50N2O7. The maximum atomic E-state index is 12.9. The number of ether oxygens (including phenoxy) is 5. The first-order valence-corrected chi connectivity index (χ1v) is 14.6. The van der Waals surface area contributed by atoms with Crippen LogP contribution in [-0.4, -0.2) is 91.6 Å². The molecule has 3 aliphatic heterocycles. The number of hydrogen-bond donors (Lipinski definition) is 0. The molecule has 5 atom stereocenters. The largest absolute Gasteiger partial charge is 0.466 e. The maximum absolute atomic E-state index is 12.9. The van der Waals surface area contributed by atoms with Gasteiger partial charge < -0.3 is 33.5 Å². The van der Waals surface area contributed by atoms with E-state index in [1.807, 2.05) is 13.8 Å². The Kier molecular flexibility index (Phi) is 11.9. The second-order valence-corrected chi connectivity index (χ2v) is 11.1. The number of likely N-dealkylation sites (N-methyl/N-ethyl adjacent to an activating group) is 1. The number of amides is 2. The predicted octanol–water partition coefficient (Wildman–Crippen LogP) is 4.86. The molecule has 9 heteroatoms. The van der Waals surface area contributed by atoms with Gasteiger partial charge in [-0.25, -0.2) is 4.79 Å². The van der Waals surface area contributed by atoms with Gasteiger partial charge in [-0.2, -0.15) is 0 Å². The number of rotatable bonds is 17. The molecule has 0 aromatic carbocycles. The third kappa shape index (κ3) is 8.53. The number of nitrogens with zero attached hydrogens (tertiary/aromatic N) is 2. The summed E-state index contributed by atoms with van der Waals surface area (Å²) in [5, 5.41) is 0. The first-order valence-electron chi connectivity index (χ1n) is 14.6. The molecule has 3 aliphatic rings. The second kappa shape index (κ2) is 14.7. The van der Waals surface area contributed by atoms with Gasteiger partial charge in [-0.05, 0) is 27.2 Å². The summed E-state index contributed by atoms with van der Waals surface area (Å²) in [6, 6.07) is -0.384. The van der Waals surface area contributed by atoms with Crippen LogP contribution in [0.2, 0.25) is 0 Å². The van der Waals surface area contributed by atoms with E-state index >= 15 is 0 Å². The van der Waals surface area contributed by atoms with Crippen LogP contribution in [0.3, 0.4) is 0 Å². The Labute approximate surface area is 223 Å². The van der Waals surface area contributed by atoms with Crippen molar-refractivity contribution in [3.8, 4) is 0 Å². The quantitative estimate of drug-likeness (QED) is 0.198. The van der Waals surface area contributed by atoms with E-state index in [-0.39, 0.29) is 43.2 Å². The molecule has 0 aromatic rings. The minimum Gasteiger partial charge on any atom is -0.466 e. The summed E-state index contributed by atoms with van der Waals surface area (Å²) >= 11 is 0. The lowest BCUT2D eigenvalue weighted by Crippen LogP contribution is -2.48. The number of urea groups is 1. The van der Waals surface area contributed by atoms with Crippen LogP contribution in [0.1, 0.15) is 98.3 Å². The average Bonchev–Trinajstić information content (AvgIpc) is 3.44. The lowest BCUT2D eigenvalue weighted by molar-refractivity contribution is -0.238. The topological polar surface area (TPSA) is 86.8 Å². The molecule has 3 rings (SSSR count). The Morgan fingerprint density at radius 3 is 2.22 bits per heavy atom. The fraction of sp³-hybridized carbons (Fsp3) is 0.929. The molecule has 9 nitrogen and oxygen atoms in total. The molecule has 37 heavy (non-hydrogen) atoms. The highest BCUT2D eigenvalue weighted by atomic mass is 16.8. The van der Waals surface area contributed by atoms with Crippen LogP contribution >= 0.6 is 0 Å². The molecular weight excluding hydrogens is 476 g/mol. The summed E-state index contributed by atoms with van der Waals surface area (Å²) in [6.07, 6.45) is 11.2. The lowest BCUT2D eigenvalue weighted by Gasteiger charge is -2.31. The summed E-state index contributed by atoms with van der Waals surface area (Å²) in [5.74, 6) is -1.06. The zero-order valence-electron chi connectivity index (χ0n) is 23.7. The Bertz CT molecular complexity index is 719.